The maximum Gasteiger partial charge on any atom is 0.145 e. The van der Waals surface area contributed by atoms with Crippen molar-refractivity contribution in [3.8, 4) is 11.5 Å². The number of hydrogen-bond acceptors (Lipinski definition) is 2. The van der Waals surface area contributed by atoms with E-state index in [-0.39, 0.29) is 5.02 Å². The summed E-state index contributed by atoms with van der Waals surface area (Å²) in [6, 6.07) is 10.4. The van der Waals surface area contributed by atoms with E-state index in [4.69, 9.17) is 16.3 Å². The molecule has 2 nitrogen and oxygen atoms in total. The highest BCUT2D eigenvalue weighted by Gasteiger charge is 2.10. The van der Waals surface area contributed by atoms with Gasteiger partial charge in [0.1, 0.15) is 17.3 Å². The normalized spacial score (nSPS) is 10.6. The van der Waals surface area contributed by atoms with Gasteiger partial charge in [-0.05, 0) is 34.6 Å². The Morgan fingerprint density at radius 1 is 1.25 bits per heavy atom. The summed E-state index contributed by atoms with van der Waals surface area (Å²) >= 11 is 9.04. The van der Waals surface area contributed by atoms with E-state index in [0.717, 1.165) is 12.1 Å². The Bertz CT molecular complexity index is 606. The van der Waals surface area contributed by atoms with Gasteiger partial charge in [-0.3, -0.25) is 0 Å². The minimum atomic E-state index is -0.506. The summed E-state index contributed by atoms with van der Waals surface area (Å²) in [7, 11) is 0. The lowest BCUT2D eigenvalue weighted by Crippen LogP contribution is -2.12. The fourth-order valence-electron chi connectivity index (χ4n) is 1.71. The fourth-order valence-corrected chi connectivity index (χ4v) is 2.43. The van der Waals surface area contributed by atoms with Gasteiger partial charge < -0.3 is 10.1 Å². The Kier molecular flexibility index (Phi) is 5.40. The van der Waals surface area contributed by atoms with Crippen molar-refractivity contribution in [2.24, 2.45) is 0 Å². The van der Waals surface area contributed by atoms with Gasteiger partial charge in [-0.1, -0.05) is 36.7 Å². The minimum absolute atomic E-state index is 0.0603. The van der Waals surface area contributed by atoms with Crippen LogP contribution in [0.3, 0.4) is 0 Å². The van der Waals surface area contributed by atoms with E-state index in [1.807, 2.05) is 31.2 Å². The van der Waals surface area contributed by atoms with Crippen LogP contribution in [0.2, 0.25) is 5.02 Å². The highest BCUT2D eigenvalue weighted by atomic mass is 79.9. The molecule has 20 heavy (non-hydrogen) atoms. The predicted octanol–water partition coefficient (Wildman–Crippen LogP) is 5.14. The van der Waals surface area contributed by atoms with E-state index in [1.165, 1.54) is 12.1 Å². The summed E-state index contributed by atoms with van der Waals surface area (Å²) in [4.78, 5) is 0. The molecule has 0 aromatic heterocycles. The van der Waals surface area contributed by atoms with Gasteiger partial charge in [0.05, 0.1) is 9.50 Å². The van der Waals surface area contributed by atoms with Crippen LogP contribution < -0.4 is 10.1 Å². The van der Waals surface area contributed by atoms with Crippen LogP contribution in [0, 0.1) is 5.82 Å². The molecule has 0 aliphatic rings. The molecule has 5 heteroatoms. The van der Waals surface area contributed by atoms with Crippen molar-refractivity contribution in [1.82, 2.24) is 5.32 Å². The molecule has 0 fully saturated rings. The number of nitrogens with one attached hydrogen (secondary N) is 1. The van der Waals surface area contributed by atoms with Crippen molar-refractivity contribution in [3.05, 3.63) is 57.3 Å². The lowest BCUT2D eigenvalue weighted by Gasteiger charge is -2.13. The van der Waals surface area contributed by atoms with Crippen molar-refractivity contribution in [2.45, 2.75) is 13.5 Å². The van der Waals surface area contributed by atoms with E-state index in [1.54, 1.807) is 0 Å². The Morgan fingerprint density at radius 2 is 2.00 bits per heavy atom. The maximum atomic E-state index is 13.5. The quantitative estimate of drug-likeness (QED) is 0.747. The van der Waals surface area contributed by atoms with E-state index in [9.17, 15) is 4.39 Å². The SMILES string of the molecule is CCNCc1ccccc1Oc1cc(F)c(Cl)cc1Br. The molecule has 2 aromatic carbocycles. The van der Waals surface area contributed by atoms with Gasteiger partial charge in [0, 0.05) is 18.2 Å². The molecule has 0 spiro atoms. The van der Waals surface area contributed by atoms with Crippen molar-refractivity contribution in [3.63, 3.8) is 0 Å². The van der Waals surface area contributed by atoms with E-state index in [0.29, 0.717) is 22.5 Å². The third-order valence-electron chi connectivity index (χ3n) is 2.73. The molecule has 0 aliphatic carbocycles. The molecule has 0 saturated heterocycles. The highest BCUT2D eigenvalue weighted by molar-refractivity contribution is 9.10. The summed E-state index contributed by atoms with van der Waals surface area (Å²) in [6.45, 7) is 3.60. The molecule has 2 rings (SSSR count). The molecule has 0 atom stereocenters. The number of hydrogen-bond donors (Lipinski definition) is 1. The number of ether oxygens (including phenoxy) is 1. The molecule has 0 amide bonds. The monoisotopic (exact) mass is 357 g/mol. The second kappa shape index (κ2) is 7.07. The zero-order valence-electron chi connectivity index (χ0n) is 10.9. The molecular formula is C15H14BrClFNO. The first-order valence-corrected chi connectivity index (χ1v) is 7.40. The summed E-state index contributed by atoms with van der Waals surface area (Å²) in [5.74, 6) is 0.584. The zero-order valence-corrected chi connectivity index (χ0v) is 13.3. The third-order valence-corrected chi connectivity index (χ3v) is 3.64. The van der Waals surface area contributed by atoms with Gasteiger partial charge in [-0.25, -0.2) is 4.39 Å². The summed E-state index contributed by atoms with van der Waals surface area (Å²) in [6.07, 6.45) is 0. The second-order valence-electron chi connectivity index (χ2n) is 4.19. The number of halogens is 3. The van der Waals surface area contributed by atoms with Gasteiger partial charge in [0.25, 0.3) is 0 Å². The van der Waals surface area contributed by atoms with Crippen molar-refractivity contribution in [2.75, 3.05) is 6.54 Å². The Hall–Kier alpha value is -1.10. The van der Waals surface area contributed by atoms with Crippen LogP contribution in [0.15, 0.2) is 40.9 Å². The van der Waals surface area contributed by atoms with Crippen LogP contribution in [0.4, 0.5) is 4.39 Å². The molecule has 0 unspecified atom stereocenters. The molecule has 0 radical (unpaired) electrons. The molecular weight excluding hydrogens is 345 g/mol. The van der Waals surface area contributed by atoms with Gasteiger partial charge in [-0.2, -0.15) is 0 Å². The van der Waals surface area contributed by atoms with Gasteiger partial charge in [0.2, 0.25) is 0 Å². The second-order valence-corrected chi connectivity index (χ2v) is 5.45. The first-order valence-electron chi connectivity index (χ1n) is 6.23. The first kappa shape index (κ1) is 15.3. The van der Waals surface area contributed by atoms with Crippen LogP contribution >= 0.6 is 27.5 Å². The molecule has 2 aromatic rings. The Morgan fingerprint density at radius 3 is 2.75 bits per heavy atom. The third kappa shape index (κ3) is 3.72. The highest BCUT2D eigenvalue weighted by Crippen LogP contribution is 2.34. The van der Waals surface area contributed by atoms with Crippen molar-refractivity contribution in [1.29, 1.82) is 0 Å². The van der Waals surface area contributed by atoms with E-state index < -0.39 is 5.82 Å². The summed E-state index contributed by atoms with van der Waals surface area (Å²) in [5.41, 5.74) is 1.01. The van der Waals surface area contributed by atoms with Crippen LogP contribution in [-0.4, -0.2) is 6.54 Å². The minimum Gasteiger partial charge on any atom is -0.456 e. The van der Waals surface area contributed by atoms with Gasteiger partial charge in [0.15, 0.2) is 0 Å². The molecule has 0 saturated carbocycles. The molecule has 106 valence electrons. The van der Waals surface area contributed by atoms with Crippen LogP contribution in [0.1, 0.15) is 12.5 Å². The van der Waals surface area contributed by atoms with Crippen LogP contribution in [-0.2, 0) is 6.54 Å². The van der Waals surface area contributed by atoms with Crippen LogP contribution in [0.25, 0.3) is 0 Å². The largest absolute Gasteiger partial charge is 0.456 e. The molecule has 1 N–H and O–H groups in total. The van der Waals surface area contributed by atoms with Crippen molar-refractivity contribution < 1.29 is 9.13 Å². The topological polar surface area (TPSA) is 21.3 Å². The molecule has 0 aliphatic heterocycles. The van der Waals surface area contributed by atoms with Gasteiger partial charge >= 0.3 is 0 Å². The number of para-hydroxylation sites is 1. The van der Waals surface area contributed by atoms with Gasteiger partial charge in [-0.15, -0.1) is 0 Å². The average molecular weight is 359 g/mol. The molecule has 0 bridgehead atoms. The van der Waals surface area contributed by atoms with E-state index >= 15 is 0 Å². The standard InChI is InChI=1S/C15H14BrClFNO/c1-2-19-9-10-5-3-4-6-14(10)20-15-8-13(18)12(17)7-11(15)16/h3-8,19H,2,9H2,1H3. The van der Waals surface area contributed by atoms with Crippen LogP contribution in [0.5, 0.6) is 11.5 Å². The lowest BCUT2D eigenvalue weighted by molar-refractivity contribution is 0.465. The van der Waals surface area contributed by atoms with E-state index in [2.05, 4.69) is 21.2 Å². The Labute approximate surface area is 131 Å². The Balaban J connectivity index is 2.28. The fraction of sp³-hybridized carbons (Fsp3) is 0.200. The maximum absolute atomic E-state index is 13.5. The number of rotatable bonds is 5. The average Bonchev–Trinajstić information content (AvgIpc) is 2.44. The van der Waals surface area contributed by atoms with Crippen molar-refractivity contribution >= 4 is 27.5 Å². The first-order chi connectivity index (χ1) is 9.61. The predicted molar refractivity (Wildman–Crippen MR) is 83.0 cm³/mol. The lowest BCUT2D eigenvalue weighted by atomic mass is 10.2. The zero-order chi connectivity index (χ0) is 14.5. The molecule has 0 heterocycles. The smallest absolute Gasteiger partial charge is 0.145 e. The summed E-state index contributed by atoms with van der Waals surface area (Å²) in [5, 5.41) is 3.30. The summed E-state index contributed by atoms with van der Waals surface area (Å²) < 4.78 is 19.9. The number of benzene rings is 2.